The third-order valence-electron chi connectivity index (χ3n) is 1.58. The summed E-state index contributed by atoms with van der Waals surface area (Å²) >= 11 is 10.9. The van der Waals surface area contributed by atoms with Gasteiger partial charge in [0.25, 0.3) is 0 Å². The highest BCUT2D eigenvalue weighted by Crippen LogP contribution is 2.29. The third-order valence-corrected chi connectivity index (χ3v) is 3.08. The molecule has 0 amide bonds. The standard InChI is InChI=1S/C9H5BrClNS/c10-7-1-6(2-8(11)3-7)9-4-12-5-13-9/h1-5H. The van der Waals surface area contributed by atoms with E-state index < -0.39 is 0 Å². The van der Waals surface area contributed by atoms with Gasteiger partial charge in [0.1, 0.15) is 0 Å². The monoisotopic (exact) mass is 273 g/mol. The highest BCUT2D eigenvalue weighted by atomic mass is 79.9. The quantitative estimate of drug-likeness (QED) is 0.758. The molecule has 0 aliphatic carbocycles. The van der Waals surface area contributed by atoms with Gasteiger partial charge < -0.3 is 0 Å². The SMILES string of the molecule is Clc1cc(Br)cc(-c2cncs2)c1. The van der Waals surface area contributed by atoms with Gasteiger partial charge in [0.2, 0.25) is 0 Å². The summed E-state index contributed by atoms with van der Waals surface area (Å²) in [5.41, 5.74) is 2.91. The van der Waals surface area contributed by atoms with Crippen molar-refractivity contribution in [3.8, 4) is 10.4 Å². The summed E-state index contributed by atoms with van der Waals surface area (Å²) in [4.78, 5) is 5.15. The Morgan fingerprint density at radius 1 is 1.31 bits per heavy atom. The van der Waals surface area contributed by atoms with E-state index in [-0.39, 0.29) is 0 Å². The molecule has 2 rings (SSSR count). The van der Waals surface area contributed by atoms with Crippen molar-refractivity contribution >= 4 is 38.9 Å². The fourth-order valence-electron chi connectivity index (χ4n) is 1.05. The molecule has 0 saturated carbocycles. The summed E-state index contributed by atoms with van der Waals surface area (Å²) in [7, 11) is 0. The predicted octanol–water partition coefficient (Wildman–Crippen LogP) is 4.23. The zero-order chi connectivity index (χ0) is 9.26. The third kappa shape index (κ3) is 2.10. The lowest BCUT2D eigenvalue weighted by molar-refractivity contribution is 1.42. The molecule has 1 heterocycles. The summed E-state index contributed by atoms with van der Waals surface area (Å²) in [5.74, 6) is 0. The summed E-state index contributed by atoms with van der Waals surface area (Å²) in [5, 5.41) is 0.734. The molecule has 0 aliphatic heterocycles. The Hall–Kier alpha value is -0.380. The molecule has 1 nitrogen and oxygen atoms in total. The van der Waals surface area contributed by atoms with Crippen molar-refractivity contribution in [3.63, 3.8) is 0 Å². The van der Waals surface area contributed by atoms with Crippen LogP contribution in [0.1, 0.15) is 0 Å². The number of hydrogen-bond donors (Lipinski definition) is 0. The van der Waals surface area contributed by atoms with Crippen LogP contribution < -0.4 is 0 Å². The Bertz CT molecular complexity index is 393. The molecular formula is C9H5BrClNS. The predicted molar refractivity (Wildman–Crippen MR) is 60.3 cm³/mol. The Kier molecular flexibility index (Phi) is 2.67. The van der Waals surface area contributed by atoms with Gasteiger partial charge in [-0.25, -0.2) is 0 Å². The first-order valence-corrected chi connectivity index (χ1v) is 5.66. The lowest BCUT2D eigenvalue weighted by Gasteiger charge is -1.98. The van der Waals surface area contributed by atoms with Crippen LogP contribution in [0.2, 0.25) is 5.02 Å². The van der Waals surface area contributed by atoms with E-state index >= 15 is 0 Å². The first-order valence-electron chi connectivity index (χ1n) is 3.60. The molecule has 4 heteroatoms. The van der Waals surface area contributed by atoms with E-state index in [1.165, 1.54) is 0 Å². The second kappa shape index (κ2) is 3.78. The van der Waals surface area contributed by atoms with Gasteiger partial charge in [0, 0.05) is 15.7 Å². The van der Waals surface area contributed by atoms with E-state index in [1.807, 2.05) is 29.9 Å². The van der Waals surface area contributed by atoms with Crippen LogP contribution in [0.4, 0.5) is 0 Å². The minimum atomic E-state index is 0.734. The van der Waals surface area contributed by atoms with Crippen LogP contribution >= 0.6 is 38.9 Å². The van der Waals surface area contributed by atoms with Gasteiger partial charge in [-0.05, 0) is 23.8 Å². The van der Waals surface area contributed by atoms with Crippen LogP contribution in [0.25, 0.3) is 10.4 Å². The molecule has 0 saturated heterocycles. The van der Waals surface area contributed by atoms with Gasteiger partial charge in [-0.1, -0.05) is 27.5 Å². The molecule has 1 aromatic heterocycles. The van der Waals surface area contributed by atoms with Crippen molar-refractivity contribution in [1.29, 1.82) is 0 Å². The Morgan fingerprint density at radius 3 is 2.77 bits per heavy atom. The average Bonchev–Trinajstić information content (AvgIpc) is 2.53. The average molecular weight is 275 g/mol. The number of rotatable bonds is 1. The summed E-state index contributed by atoms with van der Waals surface area (Å²) < 4.78 is 0.989. The van der Waals surface area contributed by atoms with Crippen LogP contribution in [0, 0.1) is 0 Å². The lowest BCUT2D eigenvalue weighted by atomic mass is 10.2. The second-order valence-electron chi connectivity index (χ2n) is 2.52. The van der Waals surface area contributed by atoms with E-state index in [0.717, 1.165) is 19.9 Å². The summed E-state index contributed by atoms with van der Waals surface area (Å²) in [6.07, 6.45) is 1.84. The summed E-state index contributed by atoms with van der Waals surface area (Å²) in [6, 6.07) is 5.82. The highest BCUT2D eigenvalue weighted by molar-refractivity contribution is 9.10. The minimum Gasteiger partial charge on any atom is -0.252 e. The number of hydrogen-bond acceptors (Lipinski definition) is 2. The first-order chi connectivity index (χ1) is 6.25. The Balaban J connectivity index is 2.53. The van der Waals surface area contributed by atoms with Crippen LogP contribution in [0.5, 0.6) is 0 Å². The molecule has 0 unspecified atom stereocenters. The molecule has 2 aromatic rings. The number of nitrogens with zero attached hydrogens (tertiary/aromatic N) is 1. The molecule has 0 spiro atoms. The largest absolute Gasteiger partial charge is 0.252 e. The van der Waals surface area contributed by atoms with Gasteiger partial charge in [0.15, 0.2) is 0 Å². The highest BCUT2D eigenvalue weighted by Gasteiger charge is 2.01. The van der Waals surface area contributed by atoms with Crippen molar-refractivity contribution in [2.24, 2.45) is 0 Å². The van der Waals surface area contributed by atoms with Crippen LogP contribution in [-0.2, 0) is 0 Å². The van der Waals surface area contributed by atoms with Crippen LogP contribution in [0.3, 0.4) is 0 Å². The Morgan fingerprint density at radius 2 is 2.15 bits per heavy atom. The topological polar surface area (TPSA) is 12.9 Å². The van der Waals surface area contributed by atoms with Crippen molar-refractivity contribution in [2.75, 3.05) is 0 Å². The van der Waals surface area contributed by atoms with Gasteiger partial charge in [-0.3, -0.25) is 4.98 Å². The molecule has 0 fully saturated rings. The second-order valence-corrected chi connectivity index (χ2v) is 4.76. The Labute approximate surface area is 93.5 Å². The smallest absolute Gasteiger partial charge is 0.0797 e. The maximum absolute atomic E-state index is 5.92. The van der Waals surface area contributed by atoms with E-state index in [0.29, 0.717) is 0 Å². The van der Waals surface area contributed by atoms with Crippen LogP contribution in [-0.4, -0.2) is 4.98 Å². The van der Waals surface area contributed by atoms with Gasteiger partial charge in [0.05, 0.1) is 10.4 Å². The molecule has 0 radical (unpaired) electrons. The molecule has 0 N–H and O–H groups in total. The van der Waals surface area contributed by atoms with Crippen molar-refractivity contribution in [3.05, 3.63) is 39.4 Å². The minimum absolute atomic E-state index is 0.734. The van der Waals surface area contributed by atoms with Gasteiger partial charge >= 0.3 is 0 Å². The molecule has 66 valence electrons. The fourth-order valence-corrected chi connectivity index (χ4v) is 2.53. The van der Waals surface area contributed by atoms with Gasteiger partial charge in [-0.15, -0.1) is 11.3 Å². The van der Waals surface area contributed by atoms with E-state index in [9.17, 15) is 0 Å². The summed E-state index contributed by atoms with van der Waals surface area (Å²) in [6.45, 7) is 0. The zero-order valence-corrected chi connectivity index (χ0v) is 9.66. The molecule has 13 heavy (non-hydrogen) atoms. The molecule has 0 atom stereocenters. The van der Waals surface area contributed by atoms with E-state index in [2.05, 4.69) is 20.9 Å². The van der Waals surface area contributed by atoms with Crippen molar-refractivity contribution in [1.82, 2.24) is 4.98 Å². The zero-order valence-electron chi connectivity index (χ0n) is 6.50. The normalized spacial score (nSPS) is 10.3. The maximum atomic E-state index is 5.92. The maximum Gasteiger partial charge on any atom is 0.0797 e. The molecule has 0 aliphatic rings. The number of aromatic nitrogens is 1. The molecule has 0 bridgehead atoms. The van der Waals surface area contributed by atoms with Crippen molar-refractivity contribution in [2.45, 2.75) is 0 Å². The lowest BCUT2D eigenvalue weighted by Crippen LogP contribution is -1.73. The number of thiazole rings is 1. The molecular weight excluding hydrogens is 270 g/mol. The fraction of sp³-hybridized carbons (Fsp3) is 0. The van der Waals surface area contributed by atoms with E-state index in [1.54, 1.807) is 11.3 Å². The van der Waals surface area contributed by atoms with Crippen LogP contribution in [0.15, 0.2) is 34.4 Å². The van der Waals surface area contributed by atoms with Crippen molar-refractivity contribution < 1.29 is 0 Å². The number of halogens is 2. The first kappa shape index (κ1) is 9.19. The number of benzene rings is 1. The van der Waals surface area contributed by atoms with Gasteiger partial charge in [-0.2, -0.15) is 0 Å². The van der Waals surface area contributed by atoms with E-state index in [4.69, 9.17) is 11.6 Å². The molecule has 1 aromatic carbocycles.